The van der Waals surface area contributed by atoms with Crippen molar-refractivity contribution in [2.75, 3.05) is 13.1 Å². The third-order valence-electron chi connectivity index (χ3n) is 4.69. The van der Waals surface area contributed by atoms with Crippen molar-refractivity contribution >= 4 is 17.6 Å². The van der Waals surface area contributed by atoms with Gasteiger partial charge in [-0.1, -0.05) is 23.7 Å². The number of carboxylic acids is 1. The minimum atomic E-state index is -0.709. The standard InChI is InChI=1S/C16H20ClNO2/c17-14-7-5-13(6-8-14)16(11-15(19)20,12-3-4-12)18-9-1-2-10-18/h5-8,12H,1-4,9-11H2,(H,19,20). The van der Waals surface area contributed by atoms with Crippen LogP contribution in [0.5, 0.6) is 0 Å². The molecule has 1 aromatic rings. The Kier molecular flexibility index (Phi) is 3.74. The average molecular weight is 294 g/mol. The van der Waals surface area contributed by atoms with Crippen molar-refractivity contribution in [1.82, 2.24) is 4.90 Å². The van der Waals surface area contributed by atoms with Crippen LogP contribution in [0, 0.1) is 5.92 Å². The fraction of sp³-hybridized carbons (Fsp3) is 0.562. The van der Waals surface area contributed by atoms with E-state index < -0.39 is 5.97 Å². The molecule has 1 atom stereocenters. The molecule has 3 nitrogen and oxygen atoms in total. The smallest absolute Gasteiger partial charge is 0.305 e. The van der Waals surface area contributed by atoms with E-state index in [4.69, 9.17) is 11.6 Å². The van der Waals surface area contributed by atoms with Gasteiger partial charge in [0.1, 0.15) is 0 Å². The van der Waals surface area contributed by atoms with Gasteiger partial charge in [-0.05, 0) is 62.4 Å². The molecule has 0 bridgehead atoms. The van der Waals surface area contributed by atoms with Crippen LogP contribution in [0.4, 0.5) is 0 Å². The van der Waals surface area contributed by atoms with Gasteiger partial charge in [0, 0.05) is 5.02 Å². The quantitative estimate of drug-likeness (QED) is 0.903. The Morgan fingerprint density at radius 3 is 2.35 bits per heavy atom. The van der Waals surface area contributed by atoms with Gasteiger partial charge in [0.2, 0.25) is 0 Å². The lowest BCUT2D eigenvalue weighted by atomic mass is 9.80. The molecule has 1 heterocycles. The van der Waals surface area contributed by atoms with Gasteiger partial charge in [0.15, 0.2) is 0 Å². The zero-order valence-corrected chi connectivity index (χ0v) is 12.3. The van der Waals surface area contributed by atoms with E-state index in [0.29, 0.717) is 10.9 Å². The molecule has 1 saturated heterocycles. The Morgan fingerprint density at radius 2 is 1.85 bits per heavy atom. The van der Waals surface area contributed by atoms with Crippen molar-refractivity contribution < 1.29 is 9.90 Å². The van der Waals surface area contributed by atoms with Crippen molar-refractivity contribution in [1.29, 1.82) is 0 Å². The van der Waals surface area contributed by atoms with E-state index in [-0.39, 0.29) is 12.0 Å². The molecule has 1 saturated carbocycles. The molecular weight excluding hydrogens is 274 g/mol. The zero-order valence-electron chi connectivity index (χ0n) is 11.5. The van der Waals surface area contributed by atoms with E-state index in [1.54, 1.807) is 0 Å². The minimum absolute atomic E-state index is 0.194. The molecule has 0 aromatic heterocycles. The van der Waals surface area contributed by atoms with E-state index in [9.17, 15) is 9.90 Å². The maximum atomic E-state index is 11.5. The molecule has 1 aliphatic carbocycles. The Labute approximate surface area is 124 Å². The molecule has 2 aliphatic rings. The third-order valence-corrected chi connectivity index (χ3v) is 4.94. The monoisotopic (exact) mass is 293 g/mol. The summed E-state index contributed by atoms with van der Waals surface area (Å²) in [7, 11) is 0. The summed E-state index contributed by atoms with van der Waals surface area (Å²) in [5.74, 6) is -0.239. The number of rotatable bonds is 5. The largest absolute Gasteiger partial charge is 0.481 e. The molecule has 1 aromatic carbocycles. The van der Waals surface area contributed by atoms with Crippen molar-refractivity contribution in [3.63, 3.8) is 0 Å². The maximum absolute atomic E-state index is 11.5. The lowest BCUT2D eigenvalue weighted by Gasteiger charge is -2.42. The first-order valence-corrected chi connectivity index (χ1v) is 7.73. The van der Waals surface area contributed by atoms with Crippen molar-refractivity contribution in [2.45, 2.75) is 37.6 Å². The molecule has 3 rings (SSSR count). The lowest BCUT2D eigenvalue weighted by Crippen LogP contribution is -2.48. The van der Waals surface area contributed by atoms with Crippen molar-refractivity contribution in [3.8, 4) is 0 Å². The Bertz CT molecular complexity index is 492. The number of carbonyl (C=O) groups is 1. The van der Waals surface area contributed by atoms with Crippen LogP contribution in [0.25, 0.3) is 0 Å². The summed E-state index contributed by atoms with van der Waals surface area (Å²) in [5.41, 5.74) is 0.793. The first-order chi connectivity index (χ1) is 9.63. The molecular formula is C16H20ClNO2. The van der Waals surface area contributed by atoms with Gasteiger partial charge in [-0.3, -0.25) is 9.69 Å². The predicted octanol–water partition coefficient (Wildman–Crippen LogP) is 3.52. The Hall–Kier alpha value is -1.06. The molecule has 4 heteroatoms. The summed E-state index contributed by atoms with van der Waals surface area (Å²) in [6.45, 7) is 2.01. The van der Waals surface area contributed by atoms with Crippen LogP contribution in [0.3, 0.4) is 0 Å². The number of benzene rings is 1. The van der Waals surface area contributed by atoms with Crippen molar-refractivity contribution in [3.05, 3.63) is 34.9 Å². The molecule has 1 N–H and O–H groups in total. The summed E-state index contributed by atoms with van der Waals surface area (Å²) in [5, 5.41) is 10.2. The first kappa shape index (κ1) is 13.9. The number of likely N-dealkylation sites (tertiary alicyclic amines) is 1. The van der Waals surface area contributed by atoms with E-state index in [1.165, 1.54) is 12.8 Å². The first-order valence-electron chi connectivity index (χ1n) is 7.36. The van der Waals surface area contributed by atoms with Crippen LogP contribution in [0.2, 0.25) is 5.02 Å². The molecule has 20 heavy (non-hydrogen) atoms. The summed E-state index contributed by atoms with van der Waals surface area (Å²) in [4.78, 5) is 13.9. The van der Waals surface area contributed by atoms with E-state index >= 15 is 0 Å². The number of nitrogens with zero attached hydrogens (tertiary/aromatic N) is 1. The number of hydrogen-bond acceptors (Lipinski definition) is 2. The SMILES string of the molecule is O=C(O)CC(c1ccc(Cl)cc1)(C1CC1)N1CCCC1. The summed E-state index contributed by atoms with van der Waals surface area (Å²) < 4.78 is 0. The molecule has 1 aliphatic heterocycles. The van der Waals surface area contributed by atoms with E-state index in [2.05, 4.69) is 4.90 Å². The van der Waals surface area contributed by atoms with Gasteiger partial charge in [0.25, 0.3) is 0 Å². The van der Waals surface area contributed by atoms with Crippen LogP contribution < -0.4 is 0 Å². The Morgan fingerprint density at radius 1 is 1.25 bits per heavy atom. The fourth-order valence-corrected chi connectivity index (χ4v) is 3.81. The third kappa shape index (κ3) is 2.45. The highest BCUT2D eigenvalue weighted by molar-refractivity contribution is 6.30. The van der Waals surface area contributed by atoms with Crippen LogP contribution in [-0.2, 0) is 10.3 Å². The Balaban J connectivity index is 2.04. The lowest BCUT2D eigenvalue weighted by molar-refractivity contribution is -0.141. The normalized spacial score (nSPS) is 22.6. The molecule has 108 valence electrons. The minimum Gasteiger partial charge on any atom is -0.481 e. The van der Waals surface area contributed by atoms with Gasteiger partial charge >= 0.3 is 5.97 Å². The number of hydrogen-bond donors (Lipinski definition) is 1. The van der Waals surface area contributed by atoms with Crippen LogP contribution in [0.1, 0.15) is 37.7 Å². The number of carboxylic acid groups (broad SMARTS) is 1. The second-order valence-corrected chi connectivity index (χ2v) is 6.41. The fourth-order valence-electron chi connectivity index (χ4n) is 3.68. The number of aliphatic carboxylic acids is 1. The number of halogens is 1. The highest BCUT2D eigenvalue weighted by atomic mass is 35.5. The molecule has 0 radical (unpaired) electrons. The van der Waals surface area contributed by atoms with Gasteiger partial charge < -0.3 is 5.11 Å². The highest BCUT2D eigenvalue weighted by Crippen LogP contribution is 2.52. The van der Waals surface area contributed by atoms with Gasteiger partial charge in [-0.15, -0.1) is 0 Å². The van der Waals surface area contributed by atoms with Gasteiger partial charge in [0.05, 0.1) is 12.0 Å². The van der Waals surface area contributed by atoms with Gasteiger partial charge in [-0.25, -0.2) is 0 Å². The zero-order chi connectivity index (χ0) is 14.2. The molecule has 1 unspecified atom stereocenters. The van der Waals surface area contributed by atoms with E-state index in [0.717, 1.165) is 31.5 Å². The summed E-state index contributed by atoms with van der Waals surface area (Å²) in [6.07, 6.45) is 4.79. The highest BCUT2D eigenvalue weighted by Gasteiger charge is 2.52. The van der Waals surface area contributed by atoms with Crippen LogP contribution >= 0.6 is 11.6 Å². The second kappa shape index (κ2) is 5.38. The van der Waals surface area contributed by atoms with Crippen molar-refractivity contribution in [2.24, 2.45) is 5.92 Å². The van der Waals surface area contributed by atoms with Crippen LogP contribution in [0.15, 0.2) is 24.3 Å². The topological polar surface area (TPSA) is 40.5 Å². The van der Waals surface area contributed by atoms with E-state index in [1.807, 2.05) is 24.3 Å². The summed E-state index contributed by atoms with van der Waals surface area (Å²) in [6, 6.07) is 7.79. The molecule has 2 fully saturated rings. The van der Waals surface area contributed by atoms with Crippen LogP contribution in [-0.4, -0.2) is 29.1 Å². The van der Waals surface area contributed by atoms with Gasteiger partial charge in [-0.2, -0.15) is 0 Å². The predicted molar refractivity (Wildman–Crippen MR) is 78.9 cm³/mol. The molecule has 0 amide bonds. The summed E-state index contributed by atoms with van der Waals surface area (Å²) >= 11 is 5.99. The maximum Gasteiger partial charge on any atom is 0.305 e. The average Bonchev–Trinajstić information content (AvgIpc) is 3.12. The second-order valence-electron chi connectivity index (χ2n) is 5.97. The molecule has 0 spiro atoms.